The van der Waals surface area contributed by atoms with Gasteiger partial charge in [-0.1, -0.05) is 35.9 Å². The quantitative estimate of drug-likeness (QED) is 0.245. The number of halogens is 1. The van der Waals surface area contributed by atoms with E-state index in [0.29, 0.717) is 51.6 Å². The highest BCUT2D eigenvalue weighted by Crippen LogP contribution is 2.33. The van der Waals surface area contributed by atoms with Crippen LogP contribution in [-0.2, 0) is 6.61 Å². The minimum atomic E-state index is -0.319. The first-order chi connectivity index (χ1) is 17.6. The molecular weight excluding hydrogens is 478 g/mol. The fourth-order valence-electron chi connectivity index (χ4n) is 3.48. The number of hydrogen-bond donors (Lipinski definition) is 1. The van der Waals surface area contributed by atoms with E-state index in [-0.39, 0.29) is 12.5 Å². The van der Waals surface area contributed by atoms with E-state index >= 15 is 0 Å². The van der Waals surface area contributed by atoms with E-state index in [0.717, 1.165) is 5.56 Å². The number of nitrogens with one attached hydrogen (secondary N) is 1. The number of para-hydroxylation sites is 1. The lowest BCUT2D eigenvalue weighted by Gasteiger charge is -2.15. The predicted molar refractivity (Wildman–Crippen MR) is 141 cm³/mol. The zero-order valence-electron chi connectivity index (χ0n) is 20.0. The number of hydrogen-bond acceptors (Lipinski definition) is 5. The van der Waals surface area contributed by atoms with Crippen molar-refractivity contribution < 1.29 is 23.7 Å². The molecule has 184 valence electrons. The fraction of sp³-hybridized carbons (Fsp3) is 0.138. The Hall–Kier alpha value is -4.16. The zero-order chi connectivity index (χ0) is 25.3. The Morgan fingerprint density at radius 1 is 0.806 bits per heavy atom. The van der Waals surface area contributed by atoms with Crippen molar-refractivity contribution in [3.8, 4) is 28.7 Å². The molecule has 4 aromatic rings. The second-order valence-corrected chi connectivity index (χ2v) is 8.17. The summed E-state index contributed by atoms with van der Waals surface area (Å²) in [6, 6.07) is 26.9. The molecule has 0 aromatic heterocycles. The molecule has 0 aliphatic heterocycles. The first-order valence-corrected chi connectivity index (χ1v) is 11.8. The average molecular weight is 504 g/mol. The van der Waals surface area contributed by atoms with E-state index < -0.39 is 0 Å². The lowest BCUT2D eigenvalue weighted by atomic mass is 10.1. The van der Waals surface area contributed by atoms with Crippen molar-refractivity contribution in [2.45, 2.75) is 13.5 Å². The molecule has 6 nitrogen and oxygen atoms in total. The Morgan fingerprint density at radius 3 is 2.33 bits per heavy atom. The molecule has 0 heterocycles. The average Bonchev–Trinajstić information content (AvgIpc) is 2.90. The van der Waals surface area contributed by atoms with Gasteiger partial charge in [0.2, 0.25) is 0 Å². The monoisotopic (exact) mass is 503 g/mol. The zero-order valence-corrected chi connectivity index (χ0v) is 20.7. The Kier molecular flexibility index (Phi) is 8.32. The third-order valence-electron chi connectivity index (χ3n) is 5.22. The van der Waals surface area contributed by atoms with Crippen LogP contribution in [-0.4, -0.2) is 19.6 Å². The van der Waals surface area contributed by atoms with Crippen LogP contribution >= 0.6 is 11.6 Å². The van der Waals surface area contributed by atoms with Crippen LogP contribution in [0.5, 0.6) is 28.7 Å². The molecule has 4 rings (SSSR count). The molecule has 0 bridgehead atoms. The van der Waals surface area contributed by atoms with E-state index in [9.17, 15) is 4.79 Å². The molecule has 1 amide bonds. The number of ether oxygens (including phenoxy) is 4. The molecule has 0 unspecified atom stereocenters. The highest BCUT2D eigenvalue weighted by molar-refractivity contribution is 6.31. The summed E-state index contributed by atoms with van der Waals surface area (Å²) in [5, 5.41) is 3.39. The number of carbonyl (C=O) groups excluding carboxylic acids is 1. The van der Waals surface area contributed by atoms with Gasteiger partial charge in [0.1, 0.15) is 29.6 Å². The molecule has 7 heteroatoms. The van der Waals surface area contributed by atoms with Crippen molar-refractivity contribution in [1.29, 1.82) is 0 Å². The molecule has 36 heavy (non-hydrogen) atoms. The summed E-state index contributed by atoms with van der Waals surface area (Å²) in [5.41, 5.74) is 1.63. The second kappa shape index (κ2) is 12.0. The molecule has 0 radical (unpaired) electrons. The number of benzene rings is 4. The molecule has 0 fully saturated rings. The highest BCUT2D eigenvalue weighted by atomic mass is 35.5. The van der Waals surface area contributed by atoms with Crippen LogP contribution in [0.2, 0.25) is 5.02 Å². The van der Waals surface area contributed by atoms with Crippen LogP contribution in [0.15, 0.2) is 91.0 Å². The molecule has 0 atom stereocenters. The molecular formula is C29H26ClNO5. The van der Waals surface area contributed by atoms with Crippen molar-refractivity contribution in [2.24, 2.45) is 0 Å². The number of methoxy groups -OCH3 is 1. The summed E-state index contributed by atoms with van der Waals surface area (Å²) in [7, 11) is 1.60. The summed E-state index contributed by atoms with van der Waals surface area (Å²) in [6.45, 7) is 2.60. The minimum absolute atomic E-state index is 0.211. The van der Waals surface area contributed by atoms with Crippen LogP contribution in [0.4, 0.5) is 5.69 Å². The van der Waals surface area contributed by atoms with E-state index in [1.54, 1.807) is 49.6 Å². The molecule has 0 aliphatic carbocycles. The normalized spacial score (nSPS) is 10.4. The molecule has 1 N–H and O–H groups in total. The van der Waals surface area contributed by atoms with Gasteiger partial charge in [0, 0.05) is 22.2 Å². The number of rotatable bonds is 10. The van der Waals surface area contributed by atoms with Gasteiger partial charge in [0.15, 0.2) is 5.75 Å². The number of anilines is 1. The minimum Gasteiger partial charge on any atom is -0.497 e. The Labute approximate surface area is 215 Å². The topological polar surface area (TPSA) is 66.0 Å². The van der Waals surface area contributed by atoms with Gasteiger partial charge in [-0.2, -0.15) is 0 Å². The first kappa shape index (κ1) is 24.9. The number of carbonyl (C=O) groups is 1. The van der Waals surface area contributed by atoms with Gasteiger partial charge in [0.25, 0.3) is 5.91 Å². The summed E-state index contributed by atoms with van der Waals surface area (Å²) in [6.07, 6.45) is 0. The van der Waals surface area contributed by atoms with E-state index in [4.69, 9.17) is 30.5 Å². The predicted octanol–water partition coefficient (Wildman–Crippen LogP) is 7.37. The summed E-state index contributed by atoms with van der Waals surface area (Å²) in [5.74, 6) is 2.79. The Morgan fingerprint density at radius 2 is 1.56 bits per heavy atom. The first-order valence-electron chi connectivity index (χ1n) is 11.4. The van der Waals surface area contributed by atoms with Crippen LogP contribution < -0.4 is 24.3 Å². The maximum absolute atomic E-state index is 13.2. The number of amides is 1. The van der Waals surface area contributed by atoms with Gasteiger partial charge in [-0.15, -0.1) is 0 Å². The molecule has 4 aromatic carbocycles. The van der Waals surface area contributed by atoms with Gasteiger partial charge in [-0.3, -0.25) is 4.79 Å². The summed E-state index contributed by atoms with van der Waals surface area (Å²) in [4.78, 5) is 13.2. The maximum Gasteiger partial charge on any atom is 0.255 e. The van der Waals surface area contributed by atoms with Crippen LogP contribution in [0, 0.1) is 0 Å². The van der Waals surface area contributed by atoms with E-state index in [1.165, 1.54) is 0 Å². The maximum atomic E-state index is 13.2. The largest absolute Gasteiger partial charge is 0.497 e. The lowest BCUT2D eigenvalue weighted by Crippen LogP contribution is -2.13. The van der Waals surface area contributed by atoms with Crippen LogP contribution in [0.1, 0.15) is 22.8 Å². The van der Waals surface area contributed by atoms with Gasteiger partial charge >= 0.3 is 0 Å². The highest BCUT2D eigenvalue weighted by Gasteiger charge is 2.15. The summed E-state index contributed by atoms with van der Waals surface area (Å²) < 4.78 is 22.9. The molecule has 0 spiro atoms. The van der Waals surface area contributed by atoms with Crippen LogP contribution in [0.25, 0.3) is 0 Å². The lowest BCUT2D eigenvalue weighted by molar-refractivity contribution is 0.102. The van der Waals surface area contributed by atoms with Crippen molar-refractivity contribution in [2.75, 3.05) is 19.0 Å². The Bertz CT molecular complexity index is 1330. The van der Waals surface area contributed by atoms with Gasteiger partial charge in [-0.25, -0.2) is 0 Å². The standard InChI is InChI=1S/C29H26ClNO5/c1-3-34-27-14-12-20(16-21(27)19-35-25-11-7-10-24(18-25)33-2)29(32)31-26-17-22(30)13-15-28(26)36-23-8-5-4-6-9-23/h4-18H,3,19H2,1-2H3,(H,31,32). The SMILES string of the molecule is CCOc1ccc(C(=O)Nc2cc(Cl)ccc2Oc2ccccc2)cc1COc1cccc(OC)c1. The van der Waals surface area contributed by atoms with Gasteiger partial charge in [-0.05, 0) is 67.6 Å². The second-order valence-electron chi connectivity index (χ2n) is 7.73. The van der Waals surface area contributed by atoms with E-state index in [1.807, 2.05) is 55.5 Å². The van der Waals surface area contributed by atoms with Crippen LogP contribution in [0.3, 0.4) is 0 Å². The Balaban J connectivity index is 1.55. The third kappa shape index (κ3) is 6.49. The van der Waals surface area contributed by atoms with Gasteiger partial charge in [0.05, 0.1) is 19.4 Å². The van der Waals surface area contributed by atoms with Crippen molar-refractivity contribution >= 4 is 23.2 Å². The fourth-order valence-corrected chi connectivity index (χ4v) is 3.65. The summed E-state index contributed by atoms with van der Waals surface area (Å²) >= 11 is 6.20. The molecule has 0 aliphatic rings. The third-order valence-corrected chi connectivity index (χ3v) is 5.45. The molecule has 0 saturated heterocycles. The van der Waals surface area contributed by atoms with Crippen molar-refractivity contribution in [3.63, 3.8) is 0 Å². The van der Waals surface area contributed by atoms with Crippen molar-refractivity contribution in [3.05, 3.63) is 107 Å². The van der Waals surface area contributed by atoms with Crippen molar-refractivity contribution in [1.82, 2.24) is 0 Å². The smallest absolute Gasteiger partial charge is 0.255 e. The molecule has 0 saturated carbocycles. The van der Waals surface area contributed by atoms with Gasteiger partial charge < -0.3 is 24.3 Å². The van der Waals surface area contributed by atoms with E-state index in [2.05, 4.69) is 5.32 Å².